The van der Waals surface area contributed by atoms with Gasteiger partial charge in [-0.2, -0.15) is 0 Å². The summed E-state index contributed by atoms with van der Waals surface area (Å²) in [5.74, 6) is 0.557. The van der Waals surface area contributed by atoms with Gasteiger partial charge in [-0.3, -0.25) is 4.79 Å². The predicted octanol–water partition coefficient (Wildman–Crippen LogP) is 3.20. The van der Waals surface area contributed by atoms with Gasteiger partial charge < -0.3 is 11.1 Å². The first-order valence-electron chi connectivity index (χ1n) is 5.82. The molecule has 0 saturated heterocycles. The number of anilines is 2. The normalized spacial score (nSPS) is 10.5. The van der Waals surface area contributed by atoms with E-state index in [2.05, 4.69) is 15.5 Å². The van der Waals surface area contributed by atoms with Crippen LogP contribution in [-0.2, 0) is 4.79 Å². The van der Waals surface area contributed by atoms with Gasteiger partial charge in [0.05, 0.1) is 11.4 Å². The zero-order valence-corrected chi connectivity index (χ0v) is 13.1. The number of aromatic nitrogens is 2. The highest BCUT2D eigenvalue weighted by Crippen LogP contribution is 2.24. The molecule has 8 heteroatoms. The smallest absolute Gasteiger partial charge is 0.225 e. The lowest BCUT2D eigenvalue weighted by Crippen LogP contribution is -2.13. The molecule has 1 amide bonds. The van der Waals surface area contributed by atoms with Gasteiger partial charge in [-0.05, 0) is 25.1 Å². The van der Waals surface area contributed by atoms with Crippen LogP contribution in [0.5, 0.6) is 0 Å². The molecule has 0 unspecified atom stereocenters. The quantitative estimate of drug-likeness (QED) is 0.650. The fourth-order valence-electron chi connectivity index (χ4n) is 1.43. The van der Waals surface area contributed by atoms with Gasteiger partial charge in [-0.25, -0.2) is 0 Å². The van der Waals surface area contributed by atoms with E-state index in [9.17, 15) is 4.79 Å². The number of nitrogens with two attached hydrogens (primary N) is 1. The van der Waals surface area contributed by atoms with Crippen molar-refractivity contribution in [2.75, 3.05) is 16.8 Å². The molecule has 0 atom stereocenters. The van der Waals surface area contributed by atoms with Crippen LogP contribution in [0.25, 0.3) is 0 Å². The van der Waals surface area contributed by atoms with E-state index >= 15 is 0 Å². The van der Waals surface area contributed by atoms with Crippen molar-refractivity contribution in [1.82, 2.24) is 10.2 Å². The Labute approximate surface area is 129 Å². The summed E-state index contributed by atoms with van der Waals surface area (Å²) >= 11 is 8.84. The Balaban J connectivity index is 1.80. The van der Waals surface area contributed by atoms with Crippen molar-refractivity contribution < 1.29 is 4.79 Å². The van der Waals surface area contributed by atoms with Crippen LogP contribution in [0.4, 0.5) is 11.4 Å². The van der Waals surface area contributed by atoms with Crippen LogP contribution in [0.3, 0.4) is 0 Å². The summed E-state index contributed by atoms with van der Waals surface area (Å²) in [6, 6.07) is 4.99. The first-order valence-corrected chi connectivity index (χ1v) is 8.00. The lowest BCUT2D eigenvalue weighted by atomic mass is 10.2. The zero-order chi connectivity index (χ0) is 14.5. The molecule has 1 aromatic heterocycles. The molecule has 1 aromatic carbocycles. The molecule has 20 heavy (non-hydrogen) atoms. The third-order valence-electron chi connectivity index (χ3n) is 2.35. The maximum Gasteiger partial charge on any atom is 0.225 e. The lowest BCUT2D eigenvalue weighted by Gasteiger charge is -2.07. The third-order valence-corrected chi connectivity index (χ3v) is 4.56. The summed E-state index contributed by atoms with van der Waals surface area (Å²) in [5, 5.41) is 12.1. The molecule has 0 radical (unpaired) electrons. The Morgan fingerprint density at radius 3 is 2.95 bits per heavy atom. The number of nitrogens with one attached hydrogen (secondary N) is 1. The van der Waals surface area contributed by atoms with E-state index in [0.717, 1.165) is 9.35 Å². The van der Waals surface area contributed by atoms with E-state index in [1.54, 1.807) is 18.2 Å². The van der Waals surface area contributed by atoms with Crippen LogP contribution in [0.15, 0.2) is 22.5 Å². The minimum atomic E-state index is -0.0900. The van der Waals surface area contributed by atoms with Crippen LogP contribution in [-0.4, -0.2) is 21.9 Å². The molecular weight excluding hydrogens is 316 g/mol. The summed E-state index contributed by atoms with van der Waals surface area (Å²) < 4.78 is 0.876. The summed E-state index contributed by atoms with van der Waals surface area (Å²) in [7, 11) is 0. The van der Waals surface area contributed by atoms with Gasteiger partial charge in [-0.15, -0.1) is 10.2 Å². The summed E-state index contributed by atoms with van der Waals surface area (Å²) in [4.78, 5) is 11.8. The standard InChI is InChI=1S/C12H13ClN4OS2/c1-7-16-17-12(20-7)19-5-4-11(18)15-10-3-2-8(13)6-9(10)14/h2-3,6H,4-5,14H2,1H3,(H,15,18). The zero-order valence-electron chi connectivity index (χ0n) is 10.7. The molecule has 1 heterocycles. The third kappa shape index (κ3) is 4.36. The average molecular weight is 329 g/mol. The number of nitrogen functional groups attached to an aromatic ring is 1. The molecular formula is C12H13ClN4OS2. The van der Waals surface area contributed by atoms with E-state index in [-0.39, 0.29) is 5.91 Å². The van der Waals surface area contributed by atoms with Crippen molar-refractivity contribution in [3.8, 4) is 0 Å². The molecule has 2 rings (SSSR count). The molecule has 0 saturated carbocycles. The highest BCUT2D eigenvalue weighted by molar-refractivity contribution is 8.01. The SMILES string of the molecule is Cc1nnc(SCCC(=O)Nc2ccc(Cl)cc2N)s1. The van der Waals surface area contributed by atoms with Gasteiger partial charge in [-0.1, -0.05) is 34.7 Å². The fourth-order valence-corrected chi connectivity index (χ4v) is 3.43. The molecule has 2 aromatic rings. The second-order valence-corrected chi connectivity index (χ2v) is 6.93. The fraction of sp³-hybridized carbons (Fsp3) is 0.250. The summed E-state index contributed by atoms with van der Waals surface area (Å²) in [5.41, 5.74) is 6.81. The number of carbonyl (C=O) groups is 1. The largest absolute Gasteiger partial charge is 0.397 e. The predicted molar refractivity (Wildman–Crippen MR) is 84.5 cm³/mol. The number of benzene rings is 1. The van der Waals surface area contributed by atoms with Crippen molar-refractivity contribution in [2.24, 2.45) is 0 Å². The van der Waals surface area contributed by atoms with Crippen molar-refractivity contribution in [2.45, 2.75) is 17.7 Å². The molecule has 0 fully saturated rings. The second-order valence-electron chi connectivity index (χ2n) is 3.97. The minimum Gasteiger partial charge on any atom is -0.397 e. The number of carbonyl (C=O) groups excluding carboxylic acids is 1. The number of hydrogen-bond acceptors (Lipinski definition) is 6. The van der Waals surface area contributed by atoms with E-state index in [1.807, 2.05) is 6.92 Å². The van der Waals surface area contributed by atoms with Gasteiger partial charge in [0.25, 0.3) is 0 Å². The molecule has 3 N–H and O–H groups in total. The second kappa shape index (κ2) is 6.92. The lowest BCUT2D eigenvalue weighted by molar-refractivity contribution is -0.115. The molecule has 0 bridgehead atoms. The molecule has 5 nitrogen and oxygen atoms in total. The number of aryl methyl sites for hydroxylation is 1. The van der Waals surface area contributed by atoms with Gasteiger partial charge in [0.2, 0.25) is 5.91 Å². The molecule has 0 aliphatic carbocycles. The molecule has 0 spiro atoms. The maximum absolute atomic E-state index is 11.8. The monoisotopic (exact) mass is 328 g/mol. The molecule has 0 aliphatic rings. The van der Waals surface area contributed by atoms with Crippen LogP contribution in [0, 0.1) is 6.92 Å². The Morgan fingerprint density at radius 2 is 2.30 bits per heavy atom. The number of nitrogens with zero attached hydrogens (tertiary/aromatic N) is 2. The first kappa shape index (κ1) is 15.1. The van der Waals surface area contributed by atoms with E-state index in [1.165, 1.54) is 23.1 Å². The van der Waals surface area contributed by atoms with Crippen molar-refractivity contribution in [3.63, 3.8) is 0 Å². The average Bonchev–Trinajstić information content (AvgIpc) is 2.79. The first-order chi connectivity index (χ1) is 9.54. The van der Waals surface area contributed by atoms with Gasteiger partial charge >= 0.3 is 0 Å². The number of rotatable bonds is 5. The Kier molecular flexibility index (Phi) is 5.22. The Morgan fingerprint density at radius 1 is 1.50 bits per heavy atom. The van der Waals surface area contributed by atoms with Gasteiger partial charge in [0.1, 0.15) is 5.01 Å². The summed E-state index contributed by atoms with van der Waals surface area (Å²) in [6.45, 7) is 1.90. The topological polar surface area (TPSA) is 80.9 Å². The summed E-state index contributed by atoms with van der Waals surface area (Å²) in [6.07, 6.45) is 0.380. The van der Waals surface area contributed by atoms with Crippen molar-refractivity contribution in [1.29, 1.82) is 0 Å². The Hall–Kier alpha value is -1.31. The van der Waals surface area contributed by atoms with Crippen molar-refractivity contribution in [3.05, 3.63) is 28.2 Å². The van der Waals surface area contributed by atoms with E-state index in [0.29, 0.717) is 28.6 Å². The van der Waals surface area contributed by atoms with E-state index in [4.69, 9.17) is 17.3 Å². The van der Waals surface area contributed by atoms with Crippen LogP contribution >= 0.6 is 34.7 Å². The minimum absolute atomic E-state index is 0.0900. The number of amides is 1. The molecule has 106 valence electrons. The van der Waals surface area contributed by atoms with Gasteiger partial charge in [0, 0.05) is 17.2 Å². The van der Waals surface area contributed by atoms with E-state index < -0.39 is 0 Å². The van der Waals surface area contributed by atoms with Crippen LogP contribution in [0.1, 0.15) is 11.4 Å². The van der Waals surface area contributed by atoms with Crippen LogP contribution in [0.2, 0.25) is 5.02 Å². The number of thioether (sulfide) groups is 1. The van der Waals surface area contributed by atoms with Crippen LogP contribution < -0.4 is 11.1 Å². The number of halogens is 1. The highest BCUT2D eigenvalue weighted by atomic mass is 35.5. The van der Waals surface area contributed by atoms with Crippen molar-refractivity contribution >= 4 is 52.0 Å². The highest BCUT2D eigenvalue weighted by Gasteiger charge is 2.07. The molecule has 0 aliphatic heterocycles. The Bertz CT molecular complexity index is 617. The maximum atomic E-state index is 11.8. The number of hydrogen-bond donors (Lipinski definition) is 2. The van der Waals surface area contributed by atoms with Gasteiger partial charge in [0.15, 0.2) is 4.34 Å².